The first-order valence-electron chi connectivity index (χ1n) is 9.31. The Bertz CT molecular complexity index is 953. The number of nitrogens with one attached hydrogen (secondary N) is 1. The quantitative estimate of drug-likeness (QED) is 0.659. The number of aromatic nitrogens is 2. The monoisotopic (exact) mass is 448 g/mol. The number of amides is 1. The van der Waals surface area contributed by atoms with Crippen LogP contribution in [0.2, 0.25) is 0 Å². The lowest BCUT2D eigenvalue weighted by molar-refractivity contribution is -0.274. The van der Waals surface area contributed by atoms with E-state index in [-0.39, 0.29) is 24.5 Å². The van der Waals surface area contributed by atoms with Crippen molar-refractivity contribution in [3.8, 4) is 5.75 Å². The normalized spacial score (nSPS) is 18.5. The van der Waals surface area contributed by atoms with Crippen LogP contribution < -0.4 is 10.1 Å². The first kappa shape index (κ1) is 22.6. The molecule has 1 aliphatic rings. The second-order valence-electron chi connectivity index (χ2n) is 6.97. The van der Waals surface area contributed by atoms with Crippen LogP contribution in [0.15, 0.2) is 30.5 Å². The van der Waals surface area contributed by atoms with Gasteiger partial charge < -0.3 is 15.0 Å². The molecular formula is C19H18F6N4O2. The molecule has 6 nitrogen and oxygen atoms in total. The van der Waals surface area contributed by atoms with Gasteiger partial charge in [-0.3, -0.25) is 4.79 Å². The van der Waals surface area contributed by atoms with Crippen molar-refractivity contribution in [1.29, 1.82) is 0 Å². The molecule has 3 rings (SSSR count). The zero-order valence-corrected chi connectivity index (χ0v) is 16.2. The van der Waals surface area contributed by atoms with E-state index in [2.05, 4.69) is 20.0 Å². The standard InChI is InChI=1S/C19H18F6N4O2/c1-2-11-5-7-18(21,22)10-29(11)17(30)16-13(20)3-4-14(28-16)27-15-9-12(6-8-26-15)31-19(23,24)25/h3-4,6,8-9,11H,2,5,7,10H2,1H3,(H,26,27,28)/t11-/m0/s1. The van der Waals surface area contributed by atoms with Crippen LogP contribution >= 0.6 is 0 Å². The Morgan fingerprint density at radius 2 is 2.03 bits per heavy atom. The lowest BCUT2D eigenvalue weighted by Crippen LogP contribution is -2.51. The van der Waals surface area contributed by atoms with Crippen LogP contribution in [0.25, 0.3) is 0 Å². The maximum Gasteiger partial charge on any atom is 0.573 e. The number of rotatable bonds is 5. The Kier molecular flexibility index (Phi) is 6.27. The lowest BCUT2D eigenvalue weighted by atomic mass is 9.97. The van der Waals surface area contributed by atoms with E-state index in [9.17, 15) is 31.1 Å². The highest BCUT2D eigenvalue weighted by atomic mass is 19.4. The number of piperidine rings is 1. The Balaban J connectivity index is 1.83. The summed E-state index contributed by atoms with van der Waals surface area (Å²) in [5, 5.41) is 2.54. The smallest absolute Gasteiger partial charge is 0.406 e. The fourth-order valence-corrected chi connectivity index (χ4v) is 3.26. The van der Waals surface area contributed by atoms with E-state index < -0.39 is 48.0 Å². The van der Waals surface area contributed by atoms with Gasteiger partial charge in [0.1, 0.15) is 17.4 Å². The molecule has 0 saturated carbocycles. The number of carbonyl (C=O) groups is 1. The van der Waals surface area contributed by atoms with E-state index in [1.807, 2.05) is 0 Å². The first-order chi connectivity index (χ1) is 14.5. The van der Waals surface area contributed by atoms with Gasteiger partial charge in [-0.2, -0.15) is 0 Å². The molecule has 2 aromatic heterocycles. The number of hydrogen-bond donors (Lipinski definition) is 1. The van der Waals surface area contributed by atoms with E-state index in [0.29, 0.717) is 6.42 Å². The highest BCUT2D eigenvalue weighted by Crippen LogP contribution is 2.33. The minimum absolute atomic E-state index is 0.0741. The molecule has 1 saturated heterocycles. The lowest BCUT2D eigenvalue weighted by Gasteiger charge is -2.39. The number of likely N-dealkylation sites (tertiary alicyclic amines) is 1. The van der Waals surface area contributed by atoms with Crippen LogP contribution in [0.5, 0.6) is 5.75 Å². The molecule has 1 fully saturated rings. The summed E-state index contributed by atoms with van der Waals surface area (Å²) in [5.41, 5.74) is -0.677. The third kappa shape index (κ3) is 5.76. The molecule has 3 heterocycles. The van der Waals surface area contributed by atoms with E-state index in [1.165, 1.54) is 0 Å². The molecule has 0 bridgehead atoms. The van der Waals surface area contributed by atoms with Gasteiger partial charge >= 0.3 is 6.36 Å². The average Bonchev–Trinajstić information content (AvgIpc) is 2.67. The molecule has 1 aliphatic heterocycles. The van der Waals surface area contributed by atoms with Crippen molar-refractivity contribution in [2.45, 2.75) is 44.5 Å². The van der Waals surface area contributed by atoms with Gasteiger partial charge in [0.05, 0.1) is 6.54 Å². The second-order valence-corrected chi connectivity index (χ2v) is 6.97. The molecule has 0 spiro atoms. The molecule has 0 unspecified atom stereocenters. The van der Waals surface area contributed by atoms with Crippen LogP contribution in [-0.4, -0.2) is 45.6 Å². The van der Waals surface area contributed by atoms with Gasteiger partial charge in [0.15, 0.2) is 11.5 Å². The zero-order chi connectivity index (χ0) is 22.8. The molecule has 168 valence electrons. The highest BCUT2D eigenvalue weighted by molar-refractivity contribution is 5.93. The summed E-state index contributed by atoms with van der Waals surface area (Å²) in [6, 6.07) is 3.46. The van der Waals surface area contributed by atoms with Crippen LogP contribution in [-0.2, 0) is 0 Å². The number of ether oxygens (including phenoxy) is 1. The molecule has 1 N–H and O–H groups in total. The van der Waals surface area contributed by atoms with Gasteiger partial charge in [0.2, 0.25) is 0 Å². The minimum Gasteiger partial charge on any atom is -0.406 e. The molecule has 31 heavy (non-hydrogen) atoms. The first-order valence-corrected chi connectivity index (χ1v) is 9.31. The summed E-state index contributed by atoms with van der Waals surface area (Å²) in [6.07, 6.45) is -3.74. The van der Waals surface area contributed by atoms with Crippen molar-refractivity contribution >= 4 is 17.5 Å². The molecule has 0 aromatic carbocycles. The minimum atomic E-state index is -4.90. The largest absolute Gasteiger partial charge is 0.573 e. The number of hydrogen-bond acceptors (Lipinski definition) is 5. The van der Waals surface area contributed by atoms with Gasteiger partial charge in [0.25, 0.3) is 11.8 Å². The van der Waals surface area contributed by atoms with Crippen molar-refractivity contribution in [2.24, 2.45) is 0 Å². The van der Waals surface area contributed by atoms with Crippen molar-refractivity contribution in [1.82, 2.24) is 14.9 Å². The Labute approximate surface area is 173 Å². The third-order valence-electron chi connectivity index (χ3n) is 4.69. The Hall–Kier alpha value is -3.05. The highest BCUT2D eigenvalue weighted by Gasteiger charge is 2.42. The summed E-state index contributed by atoms with van der Waals surface area (Å²) in [7, 11) is 0. The van der Waals surface area contributed by atoms with Crippen LogP contribution in [0, 0.1) is 5.82 Å². The number of pyridine rings is 2. The van der Waals surface area contributed by atoms with E-state index in [4.69, 9.17) is 0 Å². The second kappa shape index (κ2) is 8.60. The van der Waals surface area contributed by atoms with Gasteiger partial charge in [-0.1, -0.05) is 6.92 Å². The average molecular weight is 448 g/mol. The molecule has 2 aromatic rings. The number of alkyl halides is 5. The molecule has 0 aliphatic carbocycles. The predicted octanol–water partition coefficient (Wildman–Crippen LogP) is 4.91. The van der Waals surface area contributed by atoms with Crippen molar-refractivity contribution in [2.75, 3.05) is 11.9 Å². The maximum atomic E-state index is 14.3. The summed E-state index contributed by atoms with van der Waals surface area (Å²) in [6.45, 7) is 0.888. The number of nitrogens with zero attached hydrogens (tertiary/aromatic N) is 3. The number of halogens is 6. The van der Waals surface area contributed by atoms with E-state index in [0.717, 1.165) is 35.4 Å². The predicted molar refractivity (Wildman–Crippen MR) is 97.7 cm³/mol. The molecule has 1 amide bonds. The summed E-state index contributed by atoms with van der Waals surface area (Å²) < 4.78 is 82.9. The molecule has 1 atom stereocenters. The fourth-order valence-electron chi connectivity index (χ4n) is 3.26. The van der Waals surface area contributed by atoms with Crippen LogP contribution in [0.1, 0.15) is 36.7 Å². The van der Waals surface area contributed by atoms with E-state index in [1.54, 1.807) is 6.92 Å². The van der Waals surface area contributed by atoms with Crippen LogP contribution in [0.4, 0.5) is 38.0 Å². The van der Waals surface area contributed by atoms with Crippen LogP contribution in [0.3, 0.4) is 0 Å². The summed E-state index contributed by atoms with van der Waals surface area (Å²) >= 11 is 0. The molecule has 12 heteroatoms. The van der Waals surface area contributed by atoms with E-state index >= 15 is 0 Å². The van der Waals surface area contributed by atoms with Crippen molar-refractivity contribution in [3.05, 3.63) is 42.0 Å². The molecule has 0 radical (unpaired) electrons. The van der Waals surface area contributed by atoms with Gasteiger partial charge in [-0.15, -0.1) is 13.2 Å². The Morgan fingerprint density at radius 3 is 2.71 bits per heavy atom. The topological polar surface area (TPSA) is 67.4 Å². The Morgan fingerprint density at radius 1 is 1.29 bits per heavy atom. The maximum absolute atomic E-state index is 14.3. The number of carbonyl (C=O) groups excluding carboxylic acids is 1. The summed E-state index contributed by atoms with van der Waals surface area (Å²) in [4.78, 5) is 21.4. The summed E-state index contributed by atoms with van der Waals surface area (Å²) in [5.74, 6) is -5.87. The number of anilines is 2. The van der Waals surface area contributed by atoms with Crippen molar-refractivity contribution in [3.63, 3.8) is 0 Å². The fraction of sp³-hybridized carbons (Fsp3) is 0.421. The van der Waals surface area contributed by atoms with Gasteiger partial charge in [-0.25, -0.2) is 23.1 Å². The third-order valence-corrected chi connectivity index (χ3v) is 4.69. The van der Waals surface area contributed by atoms with Crippen molar-refractivity contribution < 1.29 is 35.9 Å². The molecular weight excluding hydrogens is 430 g/mol. The van der Waals surface area contributed by atoms with Gasteiger partial charge in [0, 0.05) is 24.7 Å². The van der Waals surface area contributed by atoms with Gasteiger partial charge in [-0.05, 0) is 31.0 Å². The zero-order valence-electron chi connectivity index (χ0n) is 16.2. The SMILES string of the molecule is CC[C@H]1CCC(F)(F)CN1C(=O)c1nc(Nc2cc(OC(F)(F)F)ccn2)ccc1F.